The molecule has 0 saturated carbocycles. The van der Waals surface area contributed by atoms with E-state index in [1.807, 2.05) is 6.92 Å². The Kier molecular flexibility index (Phi) is 6.12. The minimum atomic E-state index is -3.11. The van der Waals surface area contributed by atoms with E-state index in [0.29, 0.717) is 18.7 Å². The van der Waals surface area contributed by atoms with Gasteiger partial charge in [-0.05, 0) is 6.42 Å². The van der Waals surface area contributed by atoms with Crippen molar-refractivity contribution in [2.45, 2.75) is 25.2 Å². The quantitative estimate of drug-likeness (QED) is 0.760. The zero-order valence-electron chi connectivity index (χ0n) is 11.2. The molecule has 3 N–H and O–H groups in total. The average Bonchev–Trinajstić information content (AvgIpc) is 2.33. The summed E-state index contributed by atoms with van der Waals surface area (Å²) in [5, 5.41) is 2.88. The van der Waals surface area contributed by atoms with Crippen molar-refractivity contribution in [2.75, 3.05) is 23.9 Å². The van der Waals surface area contributed by atoms with Crippen molar-refractivity contribution in [3.63, 3.8) is 0 Å². The first-order chi connectivity index (χ1) is 9.31. The van der Waals surface area contributed by atoms with Crippen molar-refractivity contribution < 1.29 is 22.1 Å². The Bertz CT molecular complexity index is 486. The van der Waals surface area contributed by atoms with E-state index in [9.17, 15) is 17.4 Å². The van der Waals surface area contributed by atoms with Gasteiger partial charge in [0.1, 0.15) is 0 Å². The summed E-state index contributed by atoms with van der Waals surface area (Å²) in [7, 11) is -0.945. The predicted octanol–water partition coefficient (Wildman–Crippen LogP) is 2.58. The molecule has 0 spiro atoms. The van der Waals surface area contributed by atoms with Crippen LogP contribution in [0.15, 0.2) is 12.1 Å². The normalized spacial score (nSPS) is 14.1. The third-order valence-electron chi connectivity index (χ3n) is 2.75. The number of ether oxygens (including phenoxy) is 1. The van der Waals surface area contributed by atoms with Gasteiger partial charge >= 0.3 is 6.61 Å². The third kappa shape index (κ3) is 4.92. The maximum Gasteiger partial charge on any atom is 0.387 e. The smallest absolute Gasteiger partial charge is 0.387 e. The fourth-order valence-corrected chi connectivity index (χ4v) is 1.93. The van der Waals surface area contributed by atoms with Gasteiger partial charge < -0.3 is 15.8 Å². The topological polar surface area (TPSA) is 64.3 Å². The van der Waals surface area contributed by atoms with E-state index in [0.717, 1.165) is 12.1 Å². The summed E-state index contributed by atoms with van der Waals surface area (Å²) in [6.07, 6.45) is 2.20. The number of nitrogen functional groups attached to an aromatic ring is 1. The van der Waals surface area contributed by atoms with E-state index in [1.165, 1.54) is 0 Å². The standard InChI is InChI=1S/C12H17F3N2O2S/c1-7(20(2)18)3-4-17-10-6-11(19-12(14)15)8(13)5-9(10)16/h5-7,12,17H,3-4,16H2,1-2H3. The Morgan fingerprint density at radius 1 is 1.45 bits per heavy atom. The minimum absolute atomic E-state index is 0.0130. The lowest BCUT2D eigenvalue weighted by Crippen LogP contribution is -2.15. The van der Waals surface area contributed by atoms with Crippen LogP contribution >= 0.6 is 0 Å². The van der Waals surface area contributed by atoms with Gasteiger partial charge in [-0.1, -0.05) is 6.92 Å². The number of alkyl halides is 2. The highest BCUT2D eigenvalue weighted by Gasteiger charge is 2.13. The van der Waals surface area contributed by atoms with Gasteiger partial charge in [0.05, 0.1) is 11.4 Å². The Balaban J connectivity index is 2.72. The lowest BCUT2D eigenvalue weighted by Gasteiger charge is -2.14. The maximum absolute atomic E-state index is 13.3. The van der Waals surface area contributed by atoms with Crippen LogP contribution in [-0.4, -0.2) is 28.9 Å². The van der Waals surface area contributed by atoms with Crippen molar-refractivity contribution in [3.8, 4) is 5.75 Å². The second-order valence-corrected chi connectivity index (χ2v) is 6.07. The van der Waals surface area contributed by atoms with Crippen molar-refractivity contribution in [1.82, 2.24) is 0 Å². The van der Waals surface area contributed by atoms with Crippen LogP contribution in [0.4, 0.5) is 24.5 Å². The Hall–Kier alpha value is -1.44. The number of anilines is 2. The zero-order valence-corrected chi connectivity index (χ0v) is 12.0. The van der Waals surface area contributed by atoms with Gasteiger partial charge in [-0.2, -0.15) is 8.78 Å². The lowest BCUT2D eigenvalue weighted by molar-refractivity contribution is -0.0521. The second-order valence-electron chi connectivity index (χ2n) is 4.27. The molecule has 0 aliphatic carbocycles. The highest BCUT2D eigenvalue weighted by molar-refractivity contribution is 7.84. The van der Waals surface area contributed by atoms with E-state index < -0.39 is 29.0 Å². The summed E-state index contributed by atoms with van der Waals surface area (Å²) < 4.78 is 52.8. The van der Waals surface area contributed by atoms with Gasteiger partial charge in [0.2, 0.25) is 0 Å². The van der Waals surface area contributed by atoms with E-state index in [1.54, 1.807) is 6.26 Å². The monoisotopic (exact) mass is 310 g/mol. The molecule has 0 aliphatic rings. The molecule has 2 unspecified atom stereocenters. The maximum atomic E-state index is 13.3. The summed E-state index contributed by atoms with van der Waals surface area (Å²) in [5.74, 6) is -1.51. The number of hydrogen-bond acceptors (Lipinski definition) is 4. The summed E-state index contributed by atoms with van der Waals surface area (Å²) in [6, 6.07) is 2.01. The molecular weight excluding hydrogens is 293 g/mol. The van der Waals surface area contributed by atoms with Gasteiger partial charge in [0, 0.05) is 41.0 Å². The molecular formula is C12H17F3N2O2S. The van der Waals surface area contributed by atoms with Crippen LogP contribution in [0.1, 0.15) is 13.3 Å². The number of halogens is 3. The van der Waals surface area contributed by atoms with Crippen LogP contribution in [0.25, 0.3) is 0 Å². The number of rotatable bonds is 7. The van der Waals surface area contributed by atoms with Crippen LogP contribution in [-0.2, 0) is 10.8 Å². The molecule has 0 aliphatic heterocycles. The molecule has 1 aromatic carbocycles. The first-order valence-corrected chi connectivity index (χ1v) is 7.53. The number of hydrogen-bond donors (Lipinski definition) is 2. The van der Waals surface area contributed by atoms with Crippen LogP contribution in [0.3, 0.4) is 0 Å². The summed E-state index contributed by atoms with van der Waals surface area (Å²) in [5.41, 5.74) is 5.99. The number of nitrogens with two attached hydrogens (primary N) is 1. The van der Waals surface area contributed by atoms with Gasteiger partial charge in [-0.3, -0.25) is 4.21 Å². The number of nitrogens with one attached hydrogen (secondary N) is 1. The molecule has 0 amide bonds. The van der Waals surface area contributed by atoms with E-state index in [4.69, 9.17) is 5.73 Å². The van der Waals surface area contributed by atoms with Gasteiger partial charge in [-0.25, -0.2) is 4.39 Å². The van der Waals surface area contributed by atoms with Crippen molar-refractivity contribution >= 4 is 22.2 Å². The van der Waals surface area contributed by atoms with E-state index in [-0.39, 0.29) is 10.9 Å². The summed E-state index contributed by atoms with van der Waals surface area (Å²) >= 11 is 0. The molecule has 0 saturated heterocycles. The molecule has 1 aromatic rings. The number of benzene rings is 1. The second kappa shape index (κ2) is 7.37. The van der Waals surface area contributed by atoms with Gasteiger partial charge in [0.15, 0.2) is 11.6 Å². The molecule has 0 fully saturated rings. The highest BCUT2D eigenvalue weighted by atomic mass is 32.2. The molecule has 1 rings (SSSR count). The molecule has 2 atom stereocenters. The molecule has 0 aromatic heterocycles. The predicted molar refractivity (Wildman–Crippen MR) is 74.1 cm³/mol. The average molecular weight is 310 g/mol. The van der Waals surface area contributed by atoms with Crippen LogP contribution in [0.2, 0.25) is 0 Å². The van der Waals surface area contributed by atoms with Gasteiger partial charge in [0.25, 0.3) is 0 Å². The van der Waals surface area contributed by atoms with Crippen molar-refractivity contribution in [3.05, 3.63) is 17.9 Å². The van der Waals surface area contributed by atoms with Crippen molar-refractivity contribution in [2.24, 2.45) is 0 Å². The van der Waals surface area contributed by atoms with Crippen LogP contribution in [0.5, 0.6) is 5.75 Å². The Morgan fingerprint density at radius 2 is 2.10 bits per heavy atom. The molecule has 0 radical (unpaired) electrons. The van der Waals surface area contributed by atoms with Crippen LogP contribution in [0, 0.1) is 5.82 Å². The van der Waals surface area contributed by atoms with Crippen molar-refractivity contribution in [1.29, 1.82) is 0 Å². The molecule has 20 heavy (non-hydrogen) atoms. The highest BCUT2D eigenvalue weighted by Crippen LogP contribution is 2.29. The summed E-state index contributed by atoms with van der Waals surface area (Å²) in [6.45, 7) is -0.842. The largest absolute Gasteiger partial charge is 0.432 e. The Labute approximate surface area is 117 Å². The molecule has 0 bridgehead atoms. The van der Waals surface area contributed by atoms with Crippen LogP contribution < -0.4 is 15.8 Å². The minimum Gasteiger partial charge on any atom is -0.432 e. The fourth-order valence-electron chi connectivity index (χ4n) is 1.48. The first-order valence-electron chi connectivity index (χ1n) is 5.91. The molecule has 0 heterocycles. The molecule has 4 nitrogen and oxygen atoms in total. The first kappa shape index (κ1) is 16.6. The summed E-state index contributed by atoms with van der Waals surface area (Å²) in [4.78, 5) is 0. The molecule has 114 valence electrons. The Morgan fingerprint density at radius 3 is 2.65 bits per heavy atom. The van der Waals surface area contributed by atoms with E-state index in [2.05, 4.69) is 10.1 Å². The molecule has 8 heteroatoms. The van der Waals surface area contributed by atoms with Gasteiger partial charge in [-0.15, -0.1) is 0 Å². The van der Waals surface area contributed by atoms with E-state index >= 15 is 0 Å². The fraction of sp³-hybridized carbons (Fsp3) is 0.500. The SMILES string of the molecule is CC(CCNc1cc(OC(F)F)c(F)cc1N)S(C)=O. The third-order valence-corrected chi connectivity index (χ3v) is 4.12. The zero-order chi connectivity index (χ0) is 15.3. The lowest BCUT2D eigenvalue weighted by atomic mass is 10.2.